The number of aromatic nitrogens is 3. The van der Waals surface area contributed by atoms with Gasteiger partial charge in [0.15, 0.2) is 0 Å². The highest BCUT2D eigenvalue weighted by molar-refractivity contribution is 5.66. The summed E-state index contributed by atoms with van der Waals surface area (Å²) >= 11 is 0. The predicted molar refractivity (Wildman–Crippen MR) is 51.1 cm³/mol. The quantitative estimate of drug-likeness (QED) is 0.678. The zero-order valence-electron chi connectivity index (χ0n) is 8.15. The third-order valence-corrected chi connectivity index (χ3v) is 2.58. The number of hydrogen-bond acceptors (Lipinski definition) is 4. The van der Waals surface area contributed by atoms with E-state index in [0.717, 1.165) is 0 Å². The molecule has 15 heavy (non-hydrogen) atoms. The number of carboxylic acid groups (broad SMARTS) is 1. The molecule has 1 aromatic rings. The van der Waals surface area contributed by atoms with Gasteiger partial charge in [0, 0.05) is 19.1 Å². The Bertz CT molecular complexity index is 339. The average Bonchev–Trinajstić information content (AvgIpc) is 2.75. The number of rotatable bonds is 2. The molecule has 0 bridgehead atoms. The van der Waals surface area contributed by atoms with E-state index < -0.39 is 6.09 Å². The molecule has 0 unspecified atom stereocenters. The molecular formula is C8H13N5O2. The number of likely N-dealkylation sites (tertiary alicyclic amines) is 1. The van der Waals surface area contributed by atoms with E-state index in [9.17, 15) is 4.79 Å². The molecule has 1 saturated heterocycles. The minimum absolute atomic E-state index is 0.0671. The van der Waals surface area contributed by atoms with Gasteiger partial charge in [0.1, 0.15) is 12.7 Å². The summed E-state index contributed by atoms with van der Waals surface area (Å²) in [6, 6.07) is -0.143. The van der Waals surface area contributed by atoms with Gasteiger partial charge in [0.2, 0.25) is 0 Å². The Morgan fingerprint density at radius 1 is 1.53 bits per heavy atom. The molecule has 1 fully saturated rings. The van der Waals surface area contributed by atoms with Gasteiger partial charge in [0.25, 0.3) is 0 Å². The van der Waals surface area contributed by atoms with E-state index in [-0.39, 0.29) is 12.1 Å². The van der Waals surface area contributed by atoms with Crippen molar-refractivity contribution in [3.8, 4) is 0 Å². The van der Waals surface area contributed by atoms with Crippen LogP contribution in [0.3, 0.4) is 0 Å². The Hall–Kier alpha value is -1.63. The Morgan fingerprint density at radius 3 is 2.80 bits per heavy atom. The second kappa shape index (κ2) is 3.85. The first-order valence-electron chi connectivity index (χ1n) is 4.74. The van der Waals surface area contributed by atoms with Crippen molar-refractivity contribution in [3.05, 3.63) is 12.7 Å². The molecule has 0 saturated carbocycles. The van der Waals surface area contributed by atoms with Gasteiger partial charge in [-0.1, -0.05) is 0 Å². The molecule has 1 aliphatic heterocycles. The maximum absolute atomic E-state index is 10.9. The molecule has 1 aliphatic rings. The van der Waals surface area contributed by atoms with Gasteiger partial charge < -0.3 is 20.3 Å². The normalized spacial score (nSPS) is 25.8. The van der Waals surface area contributed by atoms with E-state index in [1.54, 1.807) is 17.2 Å². The van der Waals surface area contributed by atoms with Crippen LogP contribution in [0.15, 0.2) is 12.7 Å². The van der Waals surface area contributed by atoms with Crippen LogP contribution in [0.1, 0.15) is 6.42 Å². The number of nitrogens with zero attached hydrogens (tertiary/aromatic N) is 4. The van der Waals surface area contributed by atoms with Crippen molar-refractivity contribution in [2.75, 3.05) is 6.54 Å². The maximum Gasteiger partial charge on any atom is 0.407 e. The van der Waals surface area contributed by atoms with Crippen LogP contribution in [0.25, 0.3) is 0 Å². The molecular weight excluding hydrogens is 198 g/mol. The number of hydrogen-bond donors (Lipinski definition) is 2. The van der Waals surface area contributed by atoms with Crippen LogP contribution < -0.4 is 5.73 Å². The molecule has 2 heterocycles. The number of carbonyl (C=O) groups is 1. The molecule has 7 heteroatoms. The summed E-state index contributed by atoms with van der Waals surface area (Å²) in [5.41, 5.74) is 5.74. The van der Waals surface area contributed by atoms with Gasteiger partial charge in [-0.25, -0.2) is 4.79 Å². The predicted octanol–water partition coefficient (Wildman–Crippen LogP) is -0.642. The summed E-state index contributed by atoms with van der Waals surface area (Å²) in [6.45, 7) is 0.967. The van der Waals surface area contributed by atoms with Gasteiger partial charge in [0.05, 0.1) is 6.04 Å². The summed E-state index contributed by atoms with van der Waals surface area (Å²) in [6.07, 6.45) is 2.92. The molecule has 0 radical (unpaired) electrons. The zero-order chi connectivity index (χ0) is 10.8. The van der Waals surface area contributed by atoms with Crippen molar-refractivity contribution >= 4 is 6.09 Å². The highest BCUT2D eigenvalue weighted by atomic mass is 16.4. The average molecular weight is 211 g/mol. The van der Waals surface area contributed by atoms with Crippen LogP contribution in [0.5, 0.6) is 0 Å². The second-order valence-electron chi connectivity index (χ2n) is 3.74. The summed E-state index contributed by atoms with van der Waals surface area (Å²) < 4.78 is 1.76. The van der Waals surface area contributed by atoms with Crippen molar-refractivity contribution in [3.63, 3.8) is 0 Å². The smallest absolute Gasteiger partial charge is 0.407 e. The van der Waals surface area contributed by atoms with E-state index in [4.69, 9.17) is 10.8 Å². The van der Waals surface area contributed by atoms with E-state index in [1.807, 2.05) is 0 Å². The van der Waals surface area contributed by atoms with Crippen molar-refractivity contribution in [2.24, 2.45) is 5.73 Å². The van der Waals surface area contributed by atoms with Gasteiger partial charge in [-0.3, -0.25) is 0 Å². The Labute approximate surface area is 86.5 Å². The molecule has 0 aliphatic carbocycles. The molecule has 0 aromatic carbocycles. The van der Waals surface area contributed by atoms with E-state index in [1.165, 1.54) is 4.90 Å². The standard InChI is InChI=1S/C8H13N5O2/c9-6-1-7(13(2-6)8(14)15)3-12-4-10-11-5-12/h4-7H,1-3,9H2,(H,14,15)/t6-,7+/m1/s1. The van der Waals surface area contributed by atoms with Crippen LogP contribution >= 0.6 is 0 Å². The lowest BCUT2D eigenvalue weighted by Crippen LogP contribution is -2.37. The van der Waals surface area contributed by atoms with Gasteiger partial charge >= 0.3 is 6.09 Å². The van der Waals surface area contributed by atoms with Crippen molar-refractivity contribution in [2.45, 2.75) is 25.0 Å². The van der Waals surface area contributed by atoms with Crippen molar-refractivity contribution in [1.82, 2.24) is 19.7 Å². The topological polar surface area (TPSA) is 97.3 Å². The SMILES string of the molecule is N[C@@H]1C[C@@H](Cn2cnnc2)N(C(=O)O)C1. The molecule has 2 rings (SSSR count). The third-order valence-electron chi connectivity index (χ3n) is 2.58. The number of nitrogens with two attached hydrogens (primary N) is 1. The summed E-state index contributed by atoms with van der Waals surface area (Å²) in [7, 11) is 0. The molecule has 0 spiro atoms. The summed E-state index contributed by atoms with van der Waals surface area (Å²) in [4.78, 5) is 12.3. The fourth-order valence-electron chi connectivity index (χ4n) is 1.92. The van der Waals surface area contributed by atoms with E-state index >= 15 is 0 Å². The molecule has 2 atom stereocenters. The van der Waals surface area contributed by atoms with Gasteiger partial charge in [-0.15, -0.1) is 10.2 Å². The fourth-order valence-corrected chi connectivity index (χ4v) is 1.92. The first-order valence-corrected chi connectivity index (χ1v) is 4.74. The van der Waals surface area contributed by atoms with Crippen LogP contribution in [-0.4, -0.2) is 49.5 Å². The lowest BCUT2D eigenvalue weighted by atomic mass is 10.2. The summed E-state index contributed by atoms with van der Waals surface area (Å²) in [5.74, 6) is 0. The van der Waals surface area contributed by atoms with Crippen LogP contribution in [0.2, 0.25) is 0 Å². The van der Waals surface area contributed by atoms with Gasteiger partial charge in [-0.05, 0) is 6.42 Å². The molecule has 1 amide bonds. The Morgan fingerprint density at radius 2 is 2.20 bits per heavy atom. The van der Waals surface area contributed by atoms with Crippen LogP contribution in [0.4, 0.5) is 4.79 Å². The number of amides is 1. The third kappa shape index (κ3) is 2.07. The van der Waals surface area contributed by atoms with Crippen molar-refractivity contribution in [1.29, 1.82) is 0 Å². The highest BCUT2D eigenvalue weighted by Gasteiger charge is 2.33. The van der Waals surface area contributed by atoms with Crippen LogP contribution in [-0.2, 0) is 6.54 Å². The highest BCUT2D eigenvalue weighted by Crippen LogP contribution is 2.17. The maximum atomic E-state index is 10.9. The largest absolute Gasteiger partial charge is 0.465 e. The molecule has 7 nitrogen and oxygen atoms in total. The van der Waals surface area contributed by atoms with E-state index in [0.29, 0.717) is 19.5 Å². The first kappa shape index (κ1) is 9.91. The lowest BCUT2D eigenvalue weighted by molar-refractivity contribution is 0.136. The Balaban J connectivity index is 2.04. The Kier molecular flexibility index (Phi) is 2.55. The van der Waals surface area contributed by atoms with E-state index in [2.05, 4.69) is 10.2 Å². The minimum Gasteiger partial charge on any atom is -0.465 e. The first-order chi connectivity index (χ1) is 7.16. The molecule has 3 N–H and O–H groups in total. The fraction of sp³-hybridized carbons (Fsp3) is 0.625. The monoisotopic (exact) mass is 211 g/mol. The minimum atomic E-state index is -0.916. The van der Waals surface area contributed by atoms with Gasteiger partial charge in [-0.2, -0.15) is 0 Å². The van der Waals surface area contributed by atoms with Crippen molar-refractivity contribution < 1.29 is 9.90 Å². The lowest BCUT2D eigenvalue weighted by Gasteiger charge is -2.20. The molecule has 82 valence electrons. The zero-order valence-corrected chi connectivity index (χ0v) is 8.15. The summed E-state index contributed by atoms with van der Waals surface area (Å²) in [5, 5.41) is 16.3. The molecule has 1 aromatic heterocycles. The van der Waals surface area contributed by atoms with Crippen LogP contribution in [0, 0.1) is 0 Å². The second-order valence-corrected chi connectivity index (χ2v) is 3.74.